The fourth-order valence-electron chi connectivity index (χ4n) is 3.41. The molecule has 0 saturated carbocycles. The second kappa shape index (κ2) is 10.1. The molecule has 0 saturated heterocycles. The van der Waals surface area contributed by atoms with Crippen molar-refractivity contribution in [2.45, 2.75) is 40.3 Å². The van der Waals surface area contributed by atoms with Crippen LogP contribution in [0.5, 0.6) is 11.5 Å². The van der Waals surface area contributed by atoms with Gasteiger partial charge in [0.2, 0.25) is 0 Å². The highest BCUT2D eigenvalue weighted by Gasteiger charge is 2.10. The molecule has 5 heteroatoms. The van der Waals surface area contributed by atoms with Crippen LogP contribution >= 0.6 is 0 Å². The molecule has 1 aromatic heterocycles. The highest BCUT2D eigenvalue weighted by Crippen LogP contribution is 2.29. The lowest BCUT2D eigenvalue weighted by atomic mass is 10.1. The first kappa shape index (κ1) is 20.9. The Morgan fingerprint density at radius 2 is 1.76 bits per heavy atom. The van der Waals surface area contributed by atoms with Gasteiger partial charge in [0.05, 0.1) is 12.3 Å². The zero-order valence-electron chi connectivity index (χ0n) is 17.9. The topological polar surface area (TPSA) is 48.3 Å². The van der Waals surface area contributed by atoms with E-state index in [0.29, 0.717) is 13.2 Å². The molecular weight excluding hydrogens is 362 g/mol. The van der Waals surface area contributed by atoms with Crippen molar-refractivity contribution >= 4 is 0 Å². The van der Waals surface area contributed by atoms with Crippen molar-refractivity contribution in [2.24, 2.45) is 7.05 Å². The van der Waals surface area contributed by atoms with Crippen LogP contribution in [-0.4, -0.2) is 22.9 Å². The monoisotopic (exact) mass is 393 g/mol. The lowest BCUT2D eigenvalue weighted by Gasteiger charge is -2.14. The highest BCUT2D eigenvalue weighted by molar-refractivity contribution is 5.43. The van der Waals surface area contributed by atoms with Crippen LogP contribution in [0.4, 0.5) is 0 Å². The molecule has 0 atom stereocenters. The molecule has 0 aliphatic rings. The summed E-state index contributed by atoms with van der Waals surface area (Å²) in [7, 11) is 2.00. The van der Waals surface area contributed by atoms with E-state index in [1.54, 1.807) is 0 Å². The summed E-state index contributed by atoms with van der Waals surface area (Å²) in [5.41, 5.74) is 6.01. The summed E-state index contributed by atoms with van der Waals surface area (Å²) in [6.45, 7) is 9.02. The SMILES string of the molecule is CCOc1cc(CNCCc2c(C)nn(C)c2C)ccc1OCc1ccccc1. The van der Waals surface area contributed by atoms with Crippen molar-refractivity contribution in [1.29, 1.82) is 0 Å². The molecular formula is C24H31N3O2. The molecule has 0 unspecified atom stereocenters. The normalized spacial score (nSPS) is 10.9. The van der Waals surface area contributed by atoms with Crippen molar-refractivity contribution in [3.8, 4) is 11.5 Å². The molecule has 3 rings (SSSR count). The number of aryl methyl sites for hydroxylation is 2. The van der Waals surface area contributed by atoms with Crippen LogP contribution in [-0.2, 0) is 26.6 Å². The molecule has 0 radical (unpaired) electrons. The number of aromatic nitrogens is 2. The van der Waals surface area contributed by atoms with Gasteiger partial charge in [0.15, 0.2) is 11.5 Å². The minimum Gasteiger partial charge on any atom is -0.490 e. The van der Waals surface area contributed by atoms with Crippen molar-refractivity contribution in [3.63, 3.8) is 0 Å². The van der Waals surface area contributed by atoms with E-state index in [4.69, 9.17) is 9.47 Å². The Labute approximate surface area is 173 Å². The van der Waals surface area contributed by atoms with Gasteiger partial charge in [-0.1, -0.05) is 36.4 Å². The van der Waals surface area contributed by atoms with Crippen LogP contribution in [0.1, 0.15) is 35.0 Å². The quantitative estimate of drug-likeness (QED) is 0.520. The van der Waals surface area contributed by atoms with Gasteiger partial charge in [-0.2, -0.15) is 5.10 Å². The second-order valence-electron chi connectivity index (χ2n) is 7.19. The summed E-state index contributed by atoms with van der Waals surface area (Å²) in [5.74, 6) is 1.57. The molecule has 0 spiro atoms. The number of rotatable bonds is 10. The van der Waals surface area contributed by atoms with E-state index >= 15 is 0 Å². The molecule has 154 valence electrons. The summed E-state index contributed by atoms with van der Waals surface area (Å²) in [4.78, 5) is 0. The third-order valence-electron chi connectivity index (χ3n) is 5.08. The first-order chi connectivity index (χ1) is 14.1. The summed E-state index contributed by atoms with van der Waals surface area (Å²) >= 11 is 0. The van der Waals surface area contributed by atoms with Crippen LogP contribution < -0.4 is 14.8 Å². The van der Waals surface area contributed by atoms with Gasteiger partial charge in [-0.3, -0.25) is 4.68 Å². The largest absolute Gasteiger partial charge is 0.490 e. The van der Waals surface area contributed by atoms with Crippen molar-refractivity contribution in [3.05, 3.63) is 76.6 Å². The third-order valence-corrected chi connectivity index (χ3v) is 5.08. The number of nitrogens with zero attached hydrogens (tertiary/aromatic N) is 2. The van der Waals surface area contributed by atoms with Gasteiger partial charge in [0.1, 0.15) is 6.61 Å². The van der Waals surface area contributed by atoms with E-state index in [0.717, 1.165) is 42.3 Å². The third kappa shape index (κ3) is 5.61. The molecule has 0 bridgehead atoms. The summed E-state index contributed by atoms with van der Waals surface area (Å²) < 4.78 is 13.8. The van der Waals surface area contributed by atoms with Gasteiger partial charge in [0.25, 0.3) is 0 Å². The van der Waals surface area contributed by atoms with E-state index in [9.17, 15) is 0 Å². The Kier molecular flexibility index (Phi) is 7.30. The van der Waals surface area contributed by atoms with E-state index in [1.807, 2.05) is 42.9 Å². The Balaban J connectivity index is 1.56. The predicted octanol–water partition coefficient (Wildman–Crippen LogP) is 4.35. The zero-order chi connectivity index (χ0) is 20.6. The van der Waals surface area contributed by atoms with Crippen LogP contribution in [0, 0.1) is 13.8 Å². The second-order valence-corrected chi connectivity index (χ2v) is 7.19. The van der Waals surface area contributed by atoms with Gasteiger partial charge in [-0.25, -0.2) is 0 Å². The molecule has 1 N–H and O–H groups in total. The Morgan fingerprint density at radius 1 is 0.966 bits per heavy atom. The van der Waals surface area contributed by atoms with Gasteiger partial charge in [-0.05, 0) is 62.6 Å². The first-order valence-corrected chi connectivity index (χ1v) is 10.2. The van der Waals surface area contributed by atoms with Crippen molar-refractivity contribution in [1.82, 2.24) is 15.1 Å². The lowest BCUT2D eigenvalue weighted by molar-refractivity contribution is 0.269. The van der Waals surface area contributed by atoms with Crippen LogP contribution in [0.15, 0.2) is 48.5 Å². The molecule has 2 aromatic carbocycles. The van der Waals surface area contributed by atoms with Crippen molar-refractivity contribution < 1.29 is 9.47 Å². The van der Waals surface area contributed by atoms with E-state index in [1.165, 1.54) is 16.8 Å². The molecule has 0 fully saturated rings. The van der Waals surface area contributed by atoms with Gasteiger partial charge in [0, 0.05) is 19.3 Å². The number of hydrogen-bond donors (Lipinski definition) is 1. The Bertz CT molecular complexity index is 919. The Hall–Kier alpha value is -2.79. The minimum atomic E-state index is 0.530. The van der Waals surface area contributed by atoms with E-state index in [-0.39, 0.29) is 0 Å². The molecule has 0 aliphatic heterocycles. The standard InChI is InChI=1S/C24H31N3O2/c1-5-28-24-15-21(11-12-23(24)29-17-20-9-7-6-8-10-20)16-25-14-13-22-18(2)26-27(4)19(22)3/h6-12,15,25H,5,13-14,16-17H2,1-4H3. The zero-order valence-corrected chi connectivity index (χ0v) is 17.9. The van der Waals surface area contributed by atoms with Gasteiger partial charge < -0.3 is 14.8 Å². The summed E-state index contributed by atoms with van der Waals surface area (Å²) in [6, 6.07) is 16.3. The minimum absolute atomic E-state index is 0.530. The van der Waals surface area contributed by atoms with Crippen LogP contribution in [0.25, 0.3) is 0 Å². The number of nitrogens with one attached hydrogen (secondary N) is 1. The van der Waals surface area contributed by atoms with Crippen LogP contribution in [0.3, 0.4) is 0 Å². The van der Waals surface area contributed by atoms with Gasteiger partial charge >= 0.3 is 0 Å². The number of benzene rings is 2. The van der Waals surface area contributed by atoms with Crippen molar-refractivity contribution in [2.75, 3.05) is 13.2 Å². The summed E-state index contributed by atoms with van der Waals surface area (Å²) in [6.07, 6.45) is 0.974. The molecule has 29 heavy (non-hydrogen) atoms. The maximum Gasteiger partial charge on any atom is 0.161 e. The van der Waals surface area contributed by atoms with Crippen LogP contribution in [0.2, 0.25) is 0 Å². The average Bonchev–Trinajstić information content (AvgIpc) is 2.97. The maximum absolute atomic E-state index is 5.99. The fourth-order valence-corrected chi connectivity index (χ4v) is 3.41. The predicted molar refractivity (Wildman–Crippen MR) is 116 cm³/mol. The molecule has 1 heterocycles. The molecule has 5 nitrogen and oxygen atoms in total. The first-order valence-electron chi connectivity index (χ1n) is 10.2. The molecule has 0 aliphatic carbocycles. The number of ether oxygens (including phenoxy) is 2. The maximum atomic E-state index is 5.99. The van der Waals surface area contributed by atoms with E-state index in [2.05, 4.69) is 48.5 Å². The smallest absolute Gasteiger partial charge is 0.161 e. The fraction of sp³-hybridized carbons (Fsp3) is 0.375. The Morgan fingerprint density at radius 3 is 2.45 bits per heavy atom. The molecule has 3 aromatic rings. The number of hydrogen-bond acceptors (Lipinski definition) is 4. The summed E-state index contributed by atoms with van der Waals surface area (Å²) in [5, 5.41) is 8.01. The molecule has 0 amide bonds. The highest BCUT2D eigenvalue weighted by atomic mass is 16.5. The van der Waals surface area contributed by atoms with Gasteiger partial charge in [-0.15, -0.1) is 0 Å². The average molecular weight is 394 g/mol. The van der Waals surface area contributed by atoms with E-state index < -0.39 is 0 Å². The lowest BCUT2D eigenvalue weighted by Crippen LogP contribution is -2.17.